The summed E-state index contributed by atoms with van der Waals surface area (Å²) in [6.07, 6.45) is 13.1. The molecule has 2 N–H and O–H groups in total. The third kappa shape index (κ3) is 12.7. The van der Waals surface area contributed by atoms with Crippen molar-refractivity contribution in [1.29, 1.82) is 0 Å². The second kappa shape index (κ2) is 23.7. The molecule has 0 bridgehead atoms. The molecular weight excluding hydrogens is 1050 g/mol. The van der Waals surface area contributed by atoms with E-state index in [-0.39, 0.29) is 34.8 Å². The number of nitrogens with one attached hydrogen (secondary N) is 2. The predicted molar refractivity (Wildman–Crippen MR) is 235 cm³/mol. The van der Waals surface area contributed by atoms with Gasteiger partial charge in [0, 0.05) is 42.1 Å². The van der Waals surface area contributed by atoms with Crippen molar-refractivity contribution in [3.8, 4) is 0 Å². The minimum absolute atomic E-state index is 0.000164. The number of Topliss-reactive ketones (excluding diaryl/α,β-unsaturated/α-hetero) is 5. The molecule has 0 radical (unpaired) electrons. The summed E-state index contributed by atoms with van der Waals surface area (Å²) in [4.78, 5) is 63.8. The normalized spacial score (nSPS) is 10.2. The molecule has 0 amide bonds. The molecule has 0 unspecified atom stereocenters. The van der Waals surface area contributed by atoms with Gasteiger partial charge in [0.15, 0.2) is 28.9 Å². The highest BCUT2D eigenvalue weighted by Gasteiger charge is 2.12. The SMILES string of the molecule is O=C(CBr)c1ccn[nH]1.O=C(CBr)c1ccn[nH]1.O=C(CBr)c1cnc2cc(Cl)ccn12.O=C(CBr)c1cnn2ccccc12.O=C(CCl)c1cnc2ccccn12. The van der Waals surface area contributed by atoms with Gasteiger partial charge in [-0.2, -0.15) is 15.3 Å². The number of imidazole rings is 2. The number of ketones is 5. The standard InChI is InChI=1S/C9H6BrClN2O.C9H7BrN2O.C9H7ClN2O.2C5H5BrN2O/c10-4-8(14)7-5-12-9-3-6(11)1-2-13(7)9;10-5-9(13)7-6-11-12-4-2-1-3-8(7)12;10-5-8(13)7-6-11-9-3-1-2-4-12(7)9;2*6-3-5(9)4-1-2-7-8-4/h1-3,5H,4H2;2*1-4,6H,5H2;2*1-2H,3H2,(H,7,8). The number of pyridine rings is 3. The number of hydrogen-bond donors (Lipinski definition) is 2. The summed E-state index contributed by atoms with van der Waals surface area (Å²) >= 11 is 23.6. The Morgan fingerprint density at radius 3 is 1.72 bits per heavy atom. The lowest BCUT2D eigenvalue weighted by atomic mass is 10.2. The molecule has 8 heterocycles. The van der Waals surface area contributed by atoms with Crippen LogP contribution in [0.2, 0.25) is 5.02 Å². The molecule has 8 aromatic heterocycles. The third-order valence-electron chi connectivity index (χ3n) is 7.40. The highest BCUT2D eigenvalue weighted by Crippen LogP contribution is 2.14. The van der Waals surface area contributed by atoms with Crippen LogP contribution in [-0.2, 0) is 0 Å². The first-order valence-electron chi connectivity index (χ1n) is 16.5. The second-order valence-corrected chi connectivity index (χ2v) is 14.0. The smallest absolute Gasteiger partial charge is 0.195 e. The number of H-pyrrole nitrogens is 2. The average molecular weight is 1090 g/mol. The van der Waals surface area contributed by atoms with Crippen molar-refractivity contribution in [2.24, 2.45) is 0 Å². The Hall–Kier alpha value is -4.66. The fourth-order valence-corrected chi connectivity index (χ4v) is 6.11. The molecule has 0 spiro atoms. The monoisotopic (exact) mass is 1080 g/mol. The zero-order valence-electron chi connectivity index (χ0n) is 29.8. The minimum atomic E-state index is -0.111. The summed E-state index contributed by atoms with van der Waals surface area (Å²) in [6.45, 7) is 0. The Morgan fingerprint density at radius 1 is 0.603 bits per heavy atom. The summed E-state index contributed by atoms with van der Waals surface area (Å²) < 4.78 is 5.14. The highest BCUT2D eigenvalue weighted by atomic mass is 79.9. The van der Waals surface area contributed by atoms with Crippen LogP contribution in [-0.4, -0.2) is 105 Å². The third-order valence-corrected chi connectivity index (χ3v) is 9.91. The number of carbonyl (C=O) groups is 5. The number of alkyl halides is 5. The number of hydrogen-bond acceptors (Lipinski definition) is 10. The van der Waals surface area contributed by atoms with Crippen LogP contribution in [0.4, 0.5) is 0 Å². The zero-order chi connectivity index (χ0) is 42.0. The van der Waals surface area contributed by atoms with Crippen molar-refractivity contribution in [1.82, 2.24) is 48.8 Å². The number of carbonyl (C=O) groups excluding carboxylic acids is 5. The van der Waals surface area contributed by atoms with Gasteiger partial charge >= 0.3 is 0 Å². The van der Waals surface area contributed by atoms with E-state index in [0.717, 1.165) is 11.2 Å². The van der Waals surface area contributed by atoms with E-state index in [1.165, 1.54) is 0 Å². The van der Waals surface area contributed by atoms with Crippen LogP contribution < -0.4 is 0 Å². The van der Waals surface area contributed by atoms with E-state index in [2.05, 4.69) is 99.2 Å². The first-order chi connectivity index (χ1) is 28.1. The quantitative estimate of drug-likeness (QED) is 0.0996. The molecule has 8 aromatic rings. The Balaban J connectivity index is 0.000000162. The summed E-state index contributed by atoms with van der Waals surface area (Å²) in [5.41, 5.74) is 5.15. The molecule has 0 saturated carbocycles. The Kier molecular flexibility index (Phi) is 18.8. The number of nitrogens with zero attached hydrogens (tertiary/aromatic N) is 8. The molecule has 8 rings (SSSR count). The van der Waals surface area contributed by atoms with Crippen LogP contribution in [0.25, 0.3) is 16.8 Å². The van der Waals surface area contributed by atoms with Gasteiger partial charge in [0.1, 0.15) is 34.1 Å². The van der Waals surface area contributed by atoms with Gasteiger partial charge in [-0.15, -0.1) is 11.6 Å². The fraction of sp³-hybridized carbons (Fsp3) is 0.135. The van der Waals surface area contributed by atoms with Crippen molar-refractivity contribution >= 4 is 133 Å². The number of aromatic amines is 2. The molecule has 0 aliphatic carbocycles. The van der Waals surface area contributed by atoms with Crippen LogP contribution in [0.3, 0.4) is 0 Å². The number of aromatic nitrogens is 10. The molecule has 21 heteroatoms. The van der Waals surface area contributed by atoms with Crippen LogP contribution in [0.15, 0.2) is 110 Å². The van der Waals surface area contributed by atoms with E-state index in [1.807, 2.05) is 42.6 Å². The topological polar surface area (TPSA) is 195 Å². The molecule has 0 aliphatic rings. The van der Waals surface area contributed by atoms with Crippen LogP contribution >= 0.6 is 86.9 Å². The van der Waals surface area contributed by atoms with Gasteiger partial charge in [0.2, 0.25) is 0 Å². The van der Waals surface area contributed by atoms with Gasteiger partial charge in [0.25, 0.3) is 0 Å². The van der Waals surface area contributed by atoms with E-state index in [9.17, 15) is 24.0 Å². The lowest BCUT2D eigenvalue weighted by Gasteiger charge is -1.98. The first kappa shape index (κ1) is 46.0. The maximum Gasteiger partial charge on any atom is 0.195 e. The van der Waals surface area contributed by atoms with Crippen molar-refractivity contribution in [3.05, 3.63) is 144 Å². The minimum Gasteiger partial charge on any atom is -0.297 e. The largest absolute Gasteiger partial charge is 0.297 e. The molecule has 0 aromatic carbocycles. The van der Waals surface area contributed by atoms with Crippen molar-refractivity contribution in [2.45, 2.75) is 0 Å². The molecule has 15 nitrogen and oxygen atoms in total. The van der Waals surface area contributed by atoms with Gasteiger partial charge in [-0.3, -0.25) is 43.0 Å². The number of halogens is 6. The van der Waals surface area contributed by atoms with Crippen LogP contribution in [0, 0.1) is 0 Å². The lowest BCUT2D eigenvalue weighted by molar-refractivity contribution is 0.100. The van der Waals surface area contributed by atoms with Gasteiger partial charge in [-0.1, -0.05) is 87.5 Å². The van der Waals surface area contributed by atoms with Crippen molar-refractivity contribution in [3.63, 3.8) is 0 Å². The van der Waals surface area contributed by atoms with E-state index in [1.54, 1.807) is 81.0 Å². The van der Waals surface area contributed by atoms with Gasteiger partial charge in [-0.25, -0.2) is 14.5 Å². The fourth-order valence-electron chi connectivity index (χ4n) is 4.63. The van der Waals surface area contributed by atoms with Gasteiger partial charge in [0.05, 0.1) is 56.9 Å². The predicted octanol–water partition coefficient (Wildman–Crippen LogP) is 8.21. The van der Waals surface area contributed by atoms with Crippen LogP contribution in [0.1, 0.15) is 52.3 Å². The number of fused-ring (bicyclic) bond motifs is 3. The molecule has 0 saturated heterocycles. The zero-order valence-corrected chi connectivity index (χ0v) is 37.7. The van der Waals surface area contributed by atoms with E-state index < -0.39 is 0 Å². The van der Waals surface area contributed by atoms with Crippen molar-refractivity contribution in [2.75, 3.05) is 27.2 Å². The summed E-state index contributed by atoms with van der Waals surface area (Å²) in [5.74, 6) is -0.0238. The summed E-state index contributed by atoms with van der Waals surface area (Å²) in [6, 6.07) is 17.9. The van der Waals surface area contributed by atoms with E-state index in [0.29, 0.717) is 60.3 Å². The Labute approximate surface area is 373 Å². The van der Waals surface area contributed by atoms with E-state index >= 15 is 0 Å². The first-order valence-corrected chi connectivity index (χ1v) is 21.9. The van der Waals surface area contributed by atoms with Crippen molar-refractivity contribution < 1.29 is 24.0 Å². The maximum absolute atomic E-state index is 11.4. The highest BCUT2D eigenvalue weighted by molar-refractivity contribution is 9.10. The molecule has 300 valence electrons. The Bertz CT molecular complexity index is 2460. The van der Waals surface area contributed by atoms with Gasteiger partial charge in [-0.05, 0) is 42.5 Å². The summed E-state index contributed by atoms with van der Waals surface area (Å²) in [5, 5.41) is 18.4. The summed E-state index contributed by atoms with van der Waals surface area (Å²) in [7, 11) is 0. The average Bonchev–Trinajstić information content (AvgIpc) is 4.13. The van der Waals surface area contributed by atoms with Crippen LogP contribution in [0.5, 0.6) is 0 Å². The van der Waals surface area contributed by atoms with Gasteiger partial charge < -0.3 is 0 Å². The molecule has 0 fully saturated rings. The van der Waals surface area contributed by atoms with E-state index in [4.69, 9.17) is 23.2 Å². The molecule has 0 atom stereocenters. The second-order valence-electron chi connectivity index (χ2n) is 11.1. The Morgan fingerprint density at radius 2 is 1.16 bits per heavy atom. The maximum atomic E-state index is 11.4. The molecular formula is C37H30Br4Cl2N10O5. The molecule has 58 heavy (non-hydrogen) atoms. The number of rotatable bonds is 10. The lowest BCUT2D eigenvalue weighted by Crippen LogP contribution is -2.03. The molecule has 0 aliphatic heterocycles.